The van der Waals surface area contributed by atoms with Crippen LogP contribution in [0.15, 0.2) is 35.4 Å². The number of urea groups is 1. The number of imide groups is 1. The normalized spacial score (nSPS) is 19.3. The summed E-state index contributed by atoms with van der Waals surface area (Å²) in [7, 11) is 1.59. The van der Waals surface area contributed by atoms with Gasteiger partial charge in [0.2, 0.25) is 5.91 Å². The summed E-state index contributed by atoms with van der Waals surface area (Å²) in [5.74, 6) is 0.154. The fourth-order valence-electron chi connectivity index (χ4n) is 2.94. The summed E-state index contributed by atoms with van der Waals surface area (Å²) in [5, 5.41) is 4.51. The zero-order chi connectivity index (χ0) is 19.6. The highest BCUT2D eigenvalue weighted by molar-refractivity contribution is 8.00. The minimum Gasteiger partial charge on any atom is -0.497 e. The number of fused-ring (bicyclic) bond motifs is 1. The number of carbonyl (C=O) groups excluding carboxylic acids is 3. The number of hydrogen-bond acceptors (Lipinski definition) is 6. The lowest BCUT2D eigenvalue weighted by atomic mass is 10.1. The number of nitrogens with one attached hydrogen (secondary N) is 2. The van der Waals surface area contributed by atoms with Crippen molar-refractivity contribution < 1.29 is 19.1 Å². The van der Waals surface area contributed by atoms with Gasteiger partial charge in [-0.1, -0.05) is 24.1 Å². The van der Waals surface area contributed by atoms with Gasteiger partial charge in [-0.15, -0.1) is 0 Å². The Balaban J connectivity index is 1.66. The second-order valence-corrected chi connectivity index (χ2v) is 7.21. The molecule has 0 spiro atoms. The Labute approximate surface area is 162 Å². The van der Waals surface area contributed by atoms with Crippen LogP contribution in [0.2, 0.25) is 0 Å². The van der Waals surface area contributed by atoms with Crippen molar-refractivity contribution in [3.63, 3.8) is 0 Å². The number of nitrogens with zero attached hydrogens (tertiary/aromatic N) is 2. The molecule has 2 heterocycles. The van der Waals surface area contributed by atoms with E-state index in [1.165, 1.54) is 21.7 Å². The minimum atomic E-state index is -0.607. The maximum absolute atomic E-state index is 12.8. The lowest BCUT2D eigenvalue weighted by Gasteiger charge is -2.39. The molecule has 144 valence electrons. The number of methoxy groups -OCH3 is 1. The van der Waals surface area contributed by atoms with Crippen LogP contribution in [0.4, 0.5) is 4.79 Å². The van der Waals surface area contributed by atoms with E-state index in [1.807, 2.05) is 24.3 Å². The number of hydrogen-bond donors (Lipinski definition) is 2. The predicted molar refractivity (Wildman–Crippen MR) is 102 cm³/mol. The van der Waals surface area contributed by atoms with Crippen LogP contribution in [-0.4, -0.2) is 53.4 Å². The average Bonchev–Trinajstić information content (AvgIpc) is 3.14. The van der Waals surface area contributed by atoms with Gasteiger partial charge in [-0.25, -0.2) is 9.52 Å². The number of benzene rings is 1. The van der Waals surface area contributed by atoms with Gasteiger partial charge in [0, 0.05) is 18.0 Å². The molecule has 0 aliphatic carbocycles. The van der Waals surface area contributed by atoms with Crippen molar-refractivity contribution in [2.75, 3.05) is 13.7 Å². The summed E-state index contributed by atoms with van der Waals surface area (Å²) < 4.78 is 8.09. The molecule has 2 aliphatic heterocycles. The quantitative estimate of drug-likeness (QED) is 0.715. The molecular weight excluding hydrogens is 368 g/mol. The van der Waals surface area contributed by atoms with E-state index in [1.54, 1.807) is 26.4 Å². The number of ether oxygens (including phenoxy) is 1. The van der Waals surface area contributed by atoms with Crippen LogP contribution < -0.4 is 14.8 Å². The highest BCUT2D eigenvalue weighted by Crippen LogP contribution is 2.30. The van der Waals surface area contributed by atoms with Crippen molar-refractivity contribution in [1.29, 1.82) is 0 Å². The van der Waals surface area contributed by atoms with Crippen molar-refractivity contribution in [2.45, 2.75) is 32.5 Å². The first kappa shape index (κ1) is 19.2. The largest absolute Gasteiger partial charge is 0.497 e. The molecule has 1 fully saturated rings. The standard InChI is InChI=1S/C18H22N4O4S/c1-11(2)22-17(24)16-14(10-27-20-16)21(18(22)25)9-15(23)19-8-12-4-6-13(26-3)7-5-12/h4-7,10-11,16,20H,8-9H2,1-3H3,(H,19,23). The summed E-state index contributed by atoms with van der Waals surface area (Å²) in [5.41, 5.74) is 1.44. The first-order valence-corrected chi connectivity index (χ1v) is 9.45. The highest BCUT2D eigenvalue weighted by Gasteiger charge is 2.46. The van der Waals surface area contributed by atoms with Crippen molar-refractivity contribution in [3.8, 4) is 5.75 Å². The van der Waals surface area contributed by atoms with Gasteiger partial charge < -0.3 is 10.1 Å². The van der Waals surface area contributed by atoms with Crippen LogP contribution >= 0.6 is 11.9 Å². The minimum absolute atomic E-state index is 0.143. The van der Waals surface area contributed by atoms with Crippen LogP contribution in [0.25, 0.3) is 0 Å². The molecule has 3 rings (SSSR count). The third kappa shape index (κ3) is 3.93. The molecule has 1 atom stereocenters. The van der Waals surface area contributed by atoms with Crippen molar-refractivity contribution in [1.82, 2.24) is 19.8 Å². The van der Waals surface area contributed by atoms with E-state index >= 15 is 0 Å². The second kappa shape index (κ2) is 8.01. The van der Waals surface area contributed by atoms with Gasteiger partial charge >= 0.3 is 6.03 Å². The maximum atomic E-state index is 12.8. The Kier molecular flexibility index (Phi) is 5.71. The number of amides is 4. The fraction of sp³-hybridized carbons (Fsp3) is 0.389. The molecule has 0 aromatic heterocycles. The van der Waals surface area contributed by atoms with E-state index in [-0.39, 0.29) is 24.4 Å². The monoisotopic (exact) mass is 390 g/mol. The topological polar surface area (TPSA) is 91.0 Å². The van der Waals surface area contributed by atoms with E-state index in [4.69, 9.17) is 4.74 Å². The van der Waals surface area contributed by atoms with Crippen LogP contribution in [-0.2, 0) is 16.1 Å². The van der Waals surface area contributed by atoms with E-state index < -0.39 is 12.1 Å². The van der Waals surface area contributed by atoms with E-state index in [0.29, 0.717) is 12.2 Å². The molecule has 1 aromatic rings. The fourth-order valence-corrected chi connectivity index (χ4v) is 3.75. The third-order valence-electron chi connectivity index (χ3n) is 4.36. The van der Waals surface area contributed by atoms with Gasteiger partial charge in [-0.2, -0.15) is 0 Å². The van der Waals surface area contributed by atoms with E-state index in [2.05, 4.69) is 10.0 Å². The van der Waals surface area contributed by atoms with Gasteiger partial charge in [0.15, 0.2) is 0 Å². The Hall–Kier alpha value is -2.52. The zero-order valence-corrected chi connectivity index (χ0v) is 16.2. The SMILES string of the molecule is COc1ccc(CNC(=O)CN2C(=O)N(C(C)C)C(=O)C3NSC=C32)cc1. The molecule has 0 bridgehead atoms. The van der Waals surface area contributed by atoms with Crippen LogP contribution in [0, 0.1) is 0 Å². The van der Waals surface area contributed by atoms with Gasteiger partial charge in [0.1, 0.15) is 18.3 Å². The molecule has 2 aliphatic rings. The Morgan fingerprint density at radius 1 is 1.30 bits per heavy atom. The van der Waals surface area contributed by atoms with Crippen molar-refractivity contribution in [2.24, 2.45) is 0 Å². The molecule has 1 aromatic carbocycles. The van der Waals surface area contributed by atoms with E-state index in [0.717, 1.165) is 11.3 Å². The first-order valence-electron chi connectivity index (χ1n) is 8.57. The first-order chi connectivity index (χ1) is 12.9. The number of carbonyl (C=O) groups is 3. The number of rotatable bonds is 6. The van der Waals surface area contributed by atoms with Crippen molar-refractivity contribution >= 4 is 29.8 Å². The zero-order valence-electron chi connectivity index (χ0n) is 15.4. The molecule has 9 heteroatoms. The summed E-state index contributed by atoms with van der Waals surface area (Å²) in [4.78, 5) is 40.2. The maximum Gasteiger partial charge on any atom is 0.331 e. The van der Waals surface area contributed by atoms with Gasteiger partial charge in [0.05, 0.1) is 12.8 Å². The van der Waals surface area contributed by atoms with Crippen molar-refractivity contribution in [3.05, 3.63) is 40.9 Å². The molecule has 2 N–H and O–H groups in total. The lowest BCUT2D eigenvalue weighted by Crippen LogP contribution is -2.62. The molecule has 1 unspecified atom stereocenters. The van der Waals surface area contributed by atoms with Gasteiger partial charge in [-0.05, 0) is 31.5 Å². The van der Waals surface area contributed by atoms with Gasteiger partial charge in [-0.3, -0.25) is 19.4 Å². The summed E-state index contributed by atoms with van der Waals surface area (Å²) in [6.45, 7) is 3.74. The third-order valence-corrected chi connectivity index (χ3v) is 5.09. The summed E-state index contributed by atoms with van der Waals surface area (Å²) in [6, 6.07) is 5.99. The van der Waals surface area contributed by atoms with Crippen LogP contribution in [0.1, 0.15) is 19.4 Å². The van der Waals surface area contributed by atoms with Crippen LogP contribution in [0.5, 0.6) is 5.75 Å². The highest BCUT2D eigenvalue weighted by atomic mass is 32.2. The van der Waals surface area contributed by atoms with E-state index in [9.17, 15) is 14.4 Å². The molecule has 4 amide bonds. The summed E-state index contributed by atoms with van der Waals surface area (Å²) in [6.07, 6.45) is 0. The lowest BCUT2D eigenvalue weighted by molar-refractivity contribution is -0.134. The molecule has 0 radical (unpaired) electrons. The Bertz CT molecular complexity index is 778. The molecule has 8 nitrogen and oxygen atoms in total. The molecular formula is C18H22N4O4S. The van der Waals surface area contributed by atoms with Gasteiger partial charge in [0.25, 0.3) is 5.91 Å². The predicted octanol–water partition coefficient (Wildman–Crippen LogP) is 1.45. The van der Waals surface area contributed by atoms with Crippen LogP contribution in [0.3, 0.4) is 0 Å². The molecule has 0 saturated carbocycles. The second-order valence-electron chi connectivity index (χ2n) is 6.51. The Morgan fingerprint density at radius 3 is 2.63 bits per heavy atom. The smallest absolute Gasteiger partial charge is 0.331 e. The Morgan fingerprint density at radius 2 is 2.00 bits per heavy atom. The average molecular weight is 390 g/mol. The summed E-state index contributed by atoms with van der Waals surface area (Å²) >= 11 is 1.25. The molecule has 27 heavy (non-hydrogen) atoms. The molecule has 1 saturated heterocycles.